The Kier molecular flexibility index (Phi) is 5.15. The summed E-state index contributed by atoms with van der Waals surface area (Å²) in [6.07, 6.45) is 4.55. The lowest BCUT2D eigenvalue weighted by Crippen LogP contribution is -2.55. The van der Waals surface area contributed by atoms with Crippen LogP contribution in [-0.2, 0) is 11.3 Å². The maximum Gasteiger partial charge on any atom is 0.276 e. The summed E-state index contributed by atoms with van der Waals surface area (Å²) in [6, 6.07) is 1.98. The van der Waals surface area contributed by atoms with Gasteiger partial charge in [-0.1, -0.05) is 0 Å². The van der Waals surface area contributed by atoms with Gasteiger partial charge in [0.1, 0.15) is 29.9 Å². The fourth-order valence-corrected chi connectivity index (χ4v) is 3.69. The van der Waals surface area contributed by atoms with Crippen LogP contribution in [0.3, 0.4) is 0 Å². The summed E-state index contributed by atoms with van der Waals surface area (Å²) in [7, 11) is 0. The van der Waals surface area contributed by atoms with Gasteiger partial charge in [0.05, 0.1) is 32.0 Å². The molecule has 0 radical (unpaired) electrons. The van der Waals surface area contributed by atoms with Gasteiger partial charge in [0.15, 0.2) is 5.82 Å². The number of aromatic nitrogens is 3. The molecule has 0 spiro atoms. The van der Waals surface area contributed by atoms with Gasteiger partial charge in [0.25, 0.3) is 5.92 Å². The van der Waals surface area contributed by atoms with E-state index in [1.54, 1.807) is 0 Å². The number of carbonyl (C=O) groups excluding carboxylic acids is 1. The highest BCUT2D eigenvalue weighted by molar-refractivity contribution is 5.80. The van der Waals surface area contributed by atoms with Crippen molar-refractivity contribution in [2.75, 3.05) is 31.1 Å². The van der Waals surface area contributed by atoms with Crippen LogP contribution in [-0.4, -0.2) is 57.9 Å². The third-order valence-corrected chi connectivity index (χ3v) is 5.16. The van der Waals surface area contributed by atoms with Gasteiger partial charge in [-0.15, -0.1) is 0 Å². The van der Waals surface area contributed by atoms with Gasteiger partial charge in [-0.05, 0) is 6.42 Å². The van der Waals surface area contributed by atoms with Crippen LogP contribution in [0.1, 0.15) is 17.5 Å². The second kappa shape index (κ2) is 7.78. The van der Waals surface area contributed by atoms with Crippen molar-refractivity contribution in [3.05, 3.63) is 41.7 Å². The molecule has 0 saturated carbocycles. The van der Waals surface area contributed by atoms with E-state index in [1.165, 1.54) is 22.2 Å². The molecule has 4 heterocycles. The van der Waals surface area contributed by atoms with E-state index in [0.29, 0.717) is 11.3 Å². The van der Waals surface area contributed by atoms with E-state index in [1.807, 2.05) is 6.07 Å². The molecule has 1 unspecified atom stereocenters. The fourth-order valence-electron chi connectivity index (χ4n) is 3.69. The summed E-state index contributed by atoms with van der Waals surface area (Å²) in [6.45, 7) is -0.357. The molecule has 0 N–H and O–H groups in total. The number of hydrogen-bond donors (Lipinski definition) is 0. The zero-order chi connectivity index (χ0) is 21.3. The molecular formula is C19H17F3N6O2. The van der Waals surface area contributed by atoms with Gasteiger partial charge >= 0.3 is 0 Å². The largest absolute Gasteiger partial charge is 0.490 e. The van der Waals surface area contributed by atoms with Crippen molar-refractivity contribution in [2.45, 2.75) is 18.9 Å². The Morgan fingerprint density at radius 3 is 2.70 bits per heavy atom. The Hall–Kier alpha value is -3.42. The minimum Gasteiger partial charge on any atom is -0.490 e. The van der Waals surface area contributed by atoms with Crippen molar-refractivity contribution >= 4 is 11.9 Å². The van der Waals surface area contributed by atoms with Crippen LogP contribution in [0.2, 0.25) is 0 Å². The zero-order valence-corrected chi connectivity index (χ0v) is 15.8. The number of piperidine rings is 1. The molecule has 1 saturated heterocycles. The van der Waals surface area contributed by atoms with E-state index < -0.39 is 30.1 Å². The lowest BCUT2D eigenvalue weighted by Gasteiger charge is -2.39. The topological polar surface area (TPSA) is 95.2 Å². The minimum atomic E-state index is -3.32. The first kappa shape index (κ1) is 19.9. The van der Waals surface area contributed by atoms with E-state index in [2.05, 4.69) is 15.0 Å². The summed E-state index contributed by atoms with van der Waals surface area (Å²) < 4.78 is 48.4. The van der Waals surface area contributed by atoms with Crippen molar-refractivity contribution < 1.29 is 22.7 Å². The zero-order valence-electron chi connectivity index (χ0n) is 15.8. The number of nitriles is 1. The summed E-state index contributed by atoms with van der Waals surface area (Å²) >= 11 is 0. The number of hydrogen-bond acceptors (Lipinski definition) is 7. The number of rotatable bonds is 2. The van der Waals surface area contributed by atoms with Crippen LogP contribution in [0.25, 0.3) is 0 Å². The molecule has 11 heteroatoms. The molecule has 2 aromatic rings. The van der Waals surface area contributed by atoms with Crippen molar-refractivity contribution in [2.24, 2.45) is 5.92 Å². The Bertz CT molecular complexity index is 995. The van der Waals surface area contributed by atoms with Crippen molar-refractivity contribution in [1.29, 1.82) is 5.26 Å². The molecule has 0 aliphatic carbocycles. The van der Waals surface area contributed by atoms with Gasteiger partial charge < -0.3 is 14.5 Å². The van der Waals surface area contributed by atoms with Crippen LogP contribution in [0.4, 0.5) is 19.1 Å². The maximum absolute atomic E-state index is 14.9. The average Bonchev–Trinajstić information content (AvgIpc) is 2.95. The second-order valence-electron chi connectivity index (χ2n) is 7.12. The molecular weight excluding hydrogens is 401 g/mol. The number of fused-ring (bicyclic) bond motifs is 1. The van der Waals surface area contributed by atoms with Gasteiger partial charge in [-0.25, -0.2) is 23.1 Å². The highest BCUT2D eigenvalue weighted by Gasteiger charge is 2.50. The number of ether oxygens (including phenoxy) is 1. The Balaban J connectivity index is 1.50. The quantitative estimate of drug-likeness (QED) is 0.733. The highest BCUT2D eigenvalue weighted by Crippen LogP contribution is 2.36. The molecule has 0 bridgehead atoms. The van der Waals surface area contributed by atoms with Gasteiger partial charge in [0, 0.05) is 24.5 Å². The SMILES string of the molecule is N#Cc1cncc2c1OCCN(C(=O)C1CCN(c3ncc(F)cn3)CC1(F)F)C2. The van der Waals surface area contributed by atoms with Gasteiger partial charge in [-0.3, -0.25) is 9.78 Å². The van der Waals surface area contributed by atoms with Gasteiger partial charge in [-0.2, -0.15) is 5.26 Å². The standard InChI is InChI=1S/C19H17F3N6O2/c20-14-8-25-18(26-9-14)28-2-1-15(19(21,22)11-28)17(29)27-3-4-30-16-12(5-23)6-24-7-13(16)10-27/h6-9,15H,1-4,10-11H2. The third-order valence-electron chi connectivity index (χ3n) is 5.16. The number of nitrogens with zero attached hydrogens (tertiary/aromatic N) is 6. The van der Waals surface area contributed by atoms with Crippen molar-refractivity contribution in [3.8, 4) is 11.8 Å². The monoisotopic (exact) mass is 418 g/mol. The van der Waals surface area contributed by atoms with Crippen LogP contribution in [0.15, 0.2) is 24.8 Å². The smallest absolute Gasteiger partial charge is 0.276 e. The number of alkyl halides is 2. The summed E-state index contributed by atoms with van der Waals surface area (Å²) in [4.78, 5) is 27.0. The highest BCUT2D eigenvalue weighted by atomic mass is 19.3. The first-order valence-corrected chi connectivity index (χ1v) is 9.28. The third kappa shape index (κ3) is 3.72. The molecule has 2 aromatic heterocycles. The molecule has 1 atom stereocenters. The predicted molar refractivity (Wildman–Crippen MR) is 97.1 cm³/mol. The van der Waals surface area contributed by atoms with Crippen LogP contribution < -0.4 is 9.64 Å². The number of amides is 1. The molecule has 1 fully saturated rings. The Labute approximate surface area is 169 Å². The average molecular weight is 418 g/mol. The summed E-state index contributed by atoms with van der Waals surface area (Å²) in [5, 5.41) is 9.18. The predicted octanol–water partition coefficient (Wildman–Crippen LogP) is 1.77. The molecule has 8 nitrogen and oxygen atoms in total. The Morgan fingerprint density at radius 2 is 2.00 bits per heavy atom. The maximum atomic E-state index is 14.9. The number of carbonyl (C=O) groups is 1. The lowest BCUT2D eigenvalue weighted by atomic mass is 9.91. The number of halogens is 3. The fraction of sp³-hybridized carbons (Fsp3) is 0.421. The van der Waals surface area contributed by atoms with Crippen LogP contribution >= 0.6 is 0 Å². The first-order valence-electron chi connectivity index (χ1n) is 9.28. The van der Waals surface area contributed by atoms with Crippen LogP contribution in [0, 0.1) is 23.1 Å². The van der Waals surface area contributed by atoms with E-state index in [-0.39, 0.29) is 44.2 Å². The molecule has 2 aliphatic rings. The van der Waals surface area contributed by atoms with E-state index in [9.17, 15) is 23.2 Å². The van der Waals surface area contributed by atoms with Crippen molar-refractivity contribution in [3.63, 3.8) is 0 Å². The molecule has 2 aliphatic heterocycles. The molecule has 30 heavy (non-hydrogen) atoms. The molecule has 4 rings (SSSR count). The van der Waals surface area contributed by atoms with Crippen LogP contribution in [0.5, 0.6) is 5.75 Å². The van der Waals surface area contributed by atoms with Gasteiger partial charge in [0.2, 0.25) is 11.9 Å². The molecule has 1 amide bonds. The molecule has 156 valence electrons. The van der Waals surface area contributed by atoms with E-state index in [0.717, 1.165) is 12.4 Å². The summed E-state index contributed by atoms with van der Waals surface area (Å²) in [5.41, 5.74) is 0.736. The van der Waals surface area contributed by atoms with E-state index >= 15 is 0 Å². The number of pyridine rings is 1. The minimum absolute atomic E-state index is 0.00539. The van der Waals surface area contributed by atoms with E-state index in [4.69, 9.17) is 4.74 Å². The normalized spacial score (nSPS) is 20.5. The molecule has 0 aromatic carbocycles. The second-order valence-corrected chi connectivity index (χ2v) is 7.12. The first-order chi connectivity index (χ1) is 14.4. The Morgan fingerprint density at radius 1 is 1.23 bits per heavy atom. The summed E-state index contributed by atoms with van der Waals surface area (Å²) in [5.74, 6) is -5.85. The van der Waals surface area contributed by atoms with Crippen molar-refractivity contribution in [1.82, 2.24) is 19.9 Å². The number of anilines is 1. The lowest BCUT2D eigenvalue weighted by molar-refractivity contribution is -0.152.